The van der Waals surface area contributed by atoms with Crippen molar-refractivity contribution in [2.45, 2.75) is 0 Å². The first-order valence-electron chi connectivity index (χ1n) is 2.16. The fourth-order valence-corrected chi connectivity index (χ4v) is 0. The van der Waals surface area contributed by atoms with Crippen LogP contribution in [0.2, 0.25) is 0 Å². The summed E-state index contributed by atoms with van der Waals surface area (Å²) in [4.78, 5) is 18.0. The third kappa shape index (κ3) is 38.2. The number of rotatable bonds is 2. The minimum Gasteiger partial charge on any atom is -0.548 e. The van der Waals surface area contributed by atoms with E-state index in [9.17, 15) is 0 Å². The predicted molar refractivity (Wildman–Crippen MR) is 29.9 cm³/mol. The number of hydrogen-bond acceptors (Lipinski definition) is 6. The molecule has 0 aliphatic rings. The summed E-state index contributed by atoms with van der Waals surface area (Å²) in [7, 11) is 0. The van der Waals surface area contributed by atoms with Crippen LogP contribution in [0.1, 0.15) is 0 Å². The summed E-state index contributed by atoms with van der Waals surface area (Å²) in [5.74, 6) is -2.88. The van der Waals surface area contributed by atoms with Gasteiger partial charge in [0.05, 0.1) is 25.2 Å². The fraction of sp³-hybridized carbons (Fsp3) is 0.500. The van der Waals surface area contributed by atoms with Crippen molar-refractivity contribution in [3.63, 3.8) is 0 Å². The molecule has 0 heterocycles. The van der Waals surface area contributed by atoms with Crippen LogP contribution in [0.25, 0.3) is 0 Å². The van der Waals surface area contributed by atoms with Crippen LogP contribution in [0.15, 0.2) is 0 Å². The van der Waals surface area contributed by atoms with Crippen LogP contribution < -0.4 is 10.2 Å². The molecule has 0 saturated heterocycles. The van der Waals surface area contributed by atoms with Gasteiger partial charge in [-0.15, -0.1) is 0 Å². The summed E-state index contributed by atoms with van der Waals surface area (Å²) in [6.45, 7) is -1.78. The maximum atomic E-state index is 9.01. The Morgan fingerprint density at radius 1 is 1.00 bits per heavy atom. The van der Waals surface area contributed by atoms with Crippen LogP contribution in [0.3, 0.4) is 0 Å². The van der Waals surface area contributed by atoms with E-state index in [1.54, 1.807) is 0 Å². The molecule has 0 fully saturated rings. The maximum absolute atomic E-state index is 9.01. The monoisotopic (exact) mass is 238 g/mol. The van der Waals surface area contributed by atoms with E-state index in [1.165, 1.54) is 0 Å². The molecular weight excluding hydrogens is 232 g/mol. The van der Waals surface area contributed by atoms with E-state index in [0.717, 1.165) is 0 Å². The number of aliphatic carboxylic acids is 2. The van der Waals surface area contributed by atoms with Crippen molar-refractivity contribution >= 4 is 57.4 Å². The van der Waals surface area contributed by atoms with Crippen molar-refractivity contribution in [2.75, 3.05) is 13.2 Å². The molecule has 11 heavy (non-hydrogen) atoms. The van der Waals surface area contributed by atoms with Gasteiger partial charge in [-0.25, -0.2) is 0 Å². The number of carboxylic acids is 2. The van der Waals surface area contributed by atoms with Gasteiger partial charge >= 0.3 is 45.5 Å². The van der Waals surface area contributed by atoms with Gasteiger partial charge in [0.25, 0.3) is 0 Å². The Morgan fingerprint density at radius 2 is 1.09 bits per heavy atom. The van der Waals surface area contributed by atoms with Gasteiger partial charge in [0, 0.05) is 0 Å². The molecule has 0 atom stereocenters. The summed E-state index contributed by atoms with van der Waals surface area (Å²) in [6, 6.07) is 0. The van der Waals surface area contributed by atoms with E-state index < -0.39 is 25.2 Å². The van der Waals surface area contributed by atoms with E-state index in [-0.39, 0.29) is 45.5 Å². The normalized spacial score (nSPS) is 6.73. The number of carbonyl (C=O) groups is 2. The first-order valence-corrected chi connectivity index (χ1v) is 2.16. The molecule has 60 valence electrons. The zero-order valence-electron chi connectivity index (χ0n) is 5.65. The molecule has 0 aliphatic heterocycles. The third-order valence-corrected chi connectivity index (χ3v) is 0.258. The largest absolute Gasteiger partial charge is 2.00 e. The van der Waals surface area contributed by atoms with E-state index in [4.69, 9.17) is 30.0 Å². The van der Waals surface area contributed by atoms with Crippen LogP contribution in [-0.4, -0.2) is 80.8 Å². The molecule has 0 radical (unpaired) electrons. The molecule has 0 amide bonds. The molecule has 0 bridgehead atoms. The van der Waals surface area contributed by atoms with Gasteiger partial charge in [-0.05, 0) is 0 Å². The SMILES string of the molecule is O=C([O-])CO.O=C([O-])CO.[Sr+2]. The zero-order chi connectivity index (χ0) is 8.57. The van der Waals surface area contributed by atoms with E-state index in [0.29, 0.717) is 0 Å². The first kappa shape index (κ1) is 17.4. The van der Waals surface area contributed by atoms with Gasteiger partial charge in [-0.3, -0.25) is 0 Å². The second kappa shape index (κ2) is 13.0. The molecular formula is C4H6O6Sr. The van der Waals surface area contributed by atoms with Crippen molar-refractivity contribution in [3.8, 4) is 0 Å². The van der Waals surface area contributed by atoms with E-state index in [2.05, 4.69) is 0 Å². The van der Waals surface area contributed by atoms with Crippen LogP contribution in [0.5, 0.6) is 0 Å². The number of aliphatic hydroxyl groups excluding tert-OH is 2. The fourth-order valence-electron chi connectivity index (χ4n) is 0. The predicted octanol–water partition coefficient (Wildman–Crippen LogP) is -4.92. The molecule has 0 rings (SSSR count). The van der Waals surface area contributed by atoms with Crippen LogP contribution in [-0.2, 0) is 9.59 Å². The Balaban J connectivity index is -0.000000107. The maximum Gasteiger partial charge on any atom is 2.00 e. The van der Waals surface area contributed by atoms with E-state index in [1.807, 2.05) is 0 Å². The first-order chi connectivity index (χ1) is 4.54. The molecule has 6 nitrogen and oxygen atoms in total. The van der Waals surface area contributed by atoms with Crippen LogP contribution in [0, 0.1) is 0 Å². The summed E-state index contributed by atoms with van der Waals surface area (Å²) >= 11 is 0. The number of aliphatic hydroxyl groups is 2. The number of hydrogen-bond donors (Lipinski definition) is 2. The molecule has 0 unspecified atom stereocenters. The molecule has 2 N–H and O–H groups in total. The minimum absolute atomic E-state index is 0. The molecule has 0 saturated carbocycles. The van der Waals surface area contributed by atoms with Crippen LogP contribution in [0.4, 0.5) is 0 Å². The third-order valence-electron chi connectivity index (χ3n) is 0.258. The van der Waals surface area contributed by atoms with Gasteiger partial charge < -0.3 is 30.0 Å². The second-order valence-electron chi connectivity index (χ2n) is 1.06. The number of carbonyl (C=O) groups excluding carboxylic acids is 2. The van der Waals surface area contributed by atoms with Gasteiger partial charge in [-0.1, -0.05) is 0 Å². The molecule has 0 aliphatic carbocycles. The van der Waals surface area contributed by atoms with Crippen molar-refractivity contribution < 1.29 is 30.0 Å². The van der Waals surface area contributed by atoms with Crippen molar-refractivity contribution in [3.05, 3.63) is 0 Å². The average Bonchev–Trinajstić information content (AvgIpc) is 1.89. The molecule has 7 heteroatoms. The van der Waals surface area contributed by atoms with Gasteiger partial charge in [0.2, 0.25) is 0 Å². The Labute approximate surface area is 99.7 Å². The smallest absolute Gasteiger partial charge is 0.548 e. The Kier molecular flexibility index (Phi) is 20.6. The van der Waals surface area contributed by atoms with Crippen LogP contribution >= 0.6 is 0 Å². The molecule has 0 aromatic heterocycles. The standard InChI is InChI=1S/2C2H4O3.Sr/c2*3-1-2(4)5;/h2*3H,1H2,(H,4,5);/q;;+2/p-2. The quantitative estimate of drug-likeness (QED) is 0.465. The average molecular weight is 238 g/mol. The topological polar surface area (TPSA) is 121 Å². The summed E-state index contributed by atoms with van der Waals surface area (Å²) < 4.78 is 0. The second-order valence-corrected chi connectivity index (χ2v) is 1.06. The van der Waals surface area contributed by atoms with Gasteiger partial charge in [0.1, 0.15) is 0 Å². The van der Waals surface area contributed by atoms with E-state index >= 15 is 0 Å². The van der Waals surface area contributed by atoms with Gasteiger partial charge in [0.15, 0.2) is 0 Å². The minimum atomic E-state index is -1.44. The van der Waals surface area contributed by atoms with Crippen molar-refractivity contribution in [1.82, 2.24) is 0 Å². The Hall–Kier alpha value is 0.341. The Morgan fingerprint density at radius 3 is 1.09 bits per heavy atom. The zero-order valence-corrected chi connectivity index (χ0v) is 9.12. The Bertz CT molecular complexity index is 99.1. The summed E-state index contributed by atoms with van der Waals surface area (Å²) in [6.07, 6.45) is 0. The molecule has 0 aromatic carbocycles. The summed E-state index contributed by atoms with van der Waals surface area (Å²) in [5, 5.41) is 33.0. The molecule has 0 spiro atoms. The van der Waals surface area contributed by atoms with Gasteiger partial charge in [-0.2, -0.15) is 0 Å². The number of carboxylic acid groups (broad SMARTS) is 2. The summed E-state index contributed by atoms with van der Waals surface area (Å²) in [5.41, 5.74) is 0. The van der Waals surface area contributed by atoms with Crippen molar-refractivity contribution in [1.29, 1.82) is 0 Å². The van der Waals surface area contributed by atoms with Crippen molar-refractivity contribution in [2.24, 2.45) is 0 Å². The molecule has 0 aromatic rings.